The van der Waals surface area contributed by atoms with Gasteiger partial charge in [-0.15, -0.1) is 0 Å². The van der Waals surface area contributed by atoms with E-state index in [9.17, 15) is 13.2 Å². The lowest BCUT2D eigenvalue weighted by Crippen LogP contribution is -2.46. The lowest BCUT2D eigenvalue weighted by atomic mass is 9.86. The smallest absolute Gasteiger partial charge is 0.223 e. The molecule has 2 N–H and O–H groups in total. The quantitative estimate of drug-likeness (QED) is 0.245. The molecule has 2 rings (SSSR count). The number of carbonyl (C=O) groups excluding carboxylic acids is 1. The van der Waals surface area contributed by atoms with Crippen LogP contribution in [0.2, 0.25) is 5.02 Å². The molecule has 1 fully saturated rings. The lowest BCUT2D eigenvalue weighted by Gasteiger charge is -2.30. The predicted octanol–water partition coefficient (Wildman–Crippen LogP) is 4.90. The molecule has 5 nitrogen and oxygen atoms in total. The Morgan fingerprint density at radius 3 is 2.50 bits per heavy atom. The summed E-state index contributed by atoms with van der Waals surface area (Å²) in [7, 11) is -3.35. The molecular formula is C21H32ClIN2O3S2. The van der Waals surface area contributed by atoms with Crippen LogP contribution in [0.3, 0.4) is 0 Å². The number of hydrogen-bond donors (Lipinski definition) is 2. The minimum atomic E-state index is -3.35. The van der Waals surface area contributed by atoms with Gasteiger partial charge < -0.3 is 5.32 Å². The average molecular weight is 587 g/mol. The number of alkyl halides is 1. The first-order valence-corrected chi connectivity index (χ1v) is 14.8. The maximum atomic E-state index is 12.5. The van der Waals surface area contributed by atoms with Crippen LogP contribution in [0.1, 0.15) is 57.6 Å². The van der Waals surface area contributed by atoms with E-state index in [1.807, 2.05) is 12.1 Å². The molecule has 1 aromatic rings. The van der Waals surface area contributed by atoms with Gasteiger partial charge in [-0.2, -0.15) is 11.8 Å². The van der Waals surface area contributed by atoms with Gasteiger partial charge >= 0.3 is 0 Å². The summed E-state index contributed by atoms with van der Waals surface area (Å²) in [6.45, 7) is 5.71. The fraction of sp³-hybridized carbons (Fsp3) is 0.667. The van der Waals surface area contributed by atoms with E-state index in [-0.39, 0.29) is 17.9 Å². The van der Waals surface area contributed by atoms with E-state index in [0.717, 1.165) is 33.8 Å². The van der Waals surface area contributed by atoms with E-state index in [2.05, 4.69) is 38.7 Å². The second-order valence-electron chi connectivity index (χ2n) is 8.64. The Morgan fingerprint density at radius 1 is 1.23 bits per heavy atom. The number of sulfonamides is 1. The van der Waals surface area contributed by atoms with Gasteiger partial charge in [0, 0.05) is 39.5 Å². The summed E-state index contributed by atoms with van der Waals surface area (Å²) < 4.78 is 27.5. The van der Waals surface area contributed by atoms with E-state index in [4.69, 9.17) is 11.6 Å². The largest absolute Gasteiger partial charge is 0.355 e. The first-order valence-electron chi connectivity index (χ1n) is 10.2. The van der Waals surface area contributed by atoms with Crippen LogP contribution in [0.25, 0.3) is 0 Å². The maximum absolute atomic E-state index is 12.5. The molecule has 0 aromatic heterocycles. The first-order chi connectivity index (χ1) is 14.0. The molecule has 0 spiro atoms. The molecule has 1 saturated carbocycles. The van der Waals surface area contributed by atoms with Crippen LogP contribution >= 0.6 is 46.0 Å². The number of rotatable bonds is 9. The fourth-order valence-electron chi connectivity index (χ4n) is 3.32. The molecule has 1 amide bonds. The van der Waals surface area contributed by atoms with E-state index in [0.29, 0.717) is 19.4 Å². The molecule has 0 saturated heterocycles. The maximum Gasteiger partial charge on any atom is 0.223 e. The summed E-state index contributed by atoms with van der Waals surface area (Å²) in [4.78, 5) is 12.5. The molecule has 1 aromatic carbocycles. The summed E-state index contributed by atoms with van der Waals surface area (Å²) in [6.07, 6.45) is 2.84. The molecule has 0 atom stereocenters. The summed E-state index contributed by atoms with van der Waals surface area (Å²) in [6, 6.07) is 5.94. The first kappa shape index (κ1) is 26.2. The van der Waals surface area contributed by atoms with Crippen LogP contribution in [0.15, 0.2) is 18.2 Å². The third kappa shape index (κ3) is 7.53. The van der Waals surface area contributed by atoms with Gasteiger partial charge in [-0.05, 0) is 63.6 Å². The second-order valence-corrected chi connectivity index (χ2v) is 13.4. The number of carbonyl (C=O) groups is 1. The van der Waals surface area contributed by atoms with E-state index < -0.39 is 14.8 Å². The van der Waals surface area contributed by atoms with Crippen molar-refractivity contribution in [2.24, 2.45) is 5.92 Å². The van der Waals surface area contributed by atoms with E-state index >= 15 is 0 Å². The SMILES string of the molecule is CC(C)(C)S(=O)(=O)N[C@H]1CC[C@H](C(=O)NCCSCc2c(Cl)cccc2CI)CC1. The van der Waals surface area contributed by atoms with E-state index in [1.54, 1.807) is 32.5 Å². The zero-order valence-electron chi connectivity index (χ0n) is 17.8. The molecule has 0 aliphatic heterocycles. The topological polar surface area (TPSA) is 75.3 Å². The monoisotopic (exact) mass is 586 g/mol. The van der Waals surface area contributed by atoms with Gasteiger partial charge in [0.1, 0.15) is 0 Å². The van der Waals surface area contributed by atoms with Crippen molar-refractivity contribution in [2.45, 2.75) is 67.4 Å². The van der Waals surface area contributed by atoms with Crippen LogP contribution in [-0.2, 0) is 25.0 Å². The Morgan fingerprint density at radius 2 is 1.90 bits per heavy atom. The van der Waals surface area contributed by atoms with Gasteiger partial charge in [0.05, 0.1) is 4.75 Å². The van der Waals surface area contributed by atoms with Crippen LogP contribution < -0.4 is 10.0 Å². The van der Waals surface area contributed by atoms with Crippen molar-refractivity contribution in [3.05, 3.63) is 34.3 Å². The third-order valence-electron chi connectivity index (χ3n) is 5.38. The van der Waals surface area contributed by atoms with Crippen LogP contribution in [0.5, 0.6) is 0 Å². The Hall–Kier alpha value is -0.0300. The summed E-state index contributed by atoms with van der Waals surface area (Å²) in [5, 5.41) is 3.84. The predicted molar refractivity (Wildman–Crippen MR) is 136 cm³/mol. The van der Waals surface area contributed by atoms with Gasteiger partial charge in [-0.3, -0.25) is 4.79 Å². The fourth-order valence-corrected chi connectivity index (χ4v) is 6.34. The molecule has 170 valence electrons. The molecule has 1 aliphatic rings. The second kappa shape index (κ2) is 11.7. The Bertz CT molecular complexity index is 820. The molecule has 0 radical (unpaired) electrons. The highest BCUT2D eigenvalue weighted by Crippen LogP contribution is 2.28. The van der Waals surface area contributed by atoms with Crippen molar-refractivity contribution in [2.75, 3.05) is 12.3 Å². The molecule has 9 heteroatoms. The van der Waals surface area contributed by atoms with Gasteiger partial charge in [0.2, 0.25) is 15.9 Å². The molecule has 0 unspecified atom stereocenters. The van der Waals surface area contributed by atoms with Crippen LogP contribution in [0.4, 0.5) is 0 Å². The van der Waals surface area contributed by atoms with Crippen molar-refractivity contribution in [3.8, 4) is 0 Å². The third-order valence-corrected chi connectivity index (χ3v) is 9.80. The molecular weight excluding hydrogens is 555 g/mol. The van der Waals surface area contributed by atoms with Crippen molar-refractivity contribution in [1.29, 1.82) is 0 Å². The number of thioether (sulfide) groups is 1. The highest BCUT2D eigenvalue weighted by atomic mass is 127. The highest BCUT2D eigenvalue weighted by Gasteiger charge is 2.33. The van der Waals surface area contributed by atoms with Crippen molar-refractivity contribution >= 4 is 61.9 Å². The number of amides is 1. The van der Waals surface area contributed by atoms with Crippen molar-refractivity contribution < 1.29 is 13.2 Å². The number of hydrogen-bond acceptors (Lipinski definition) is 4. The van der Waals surface area contributed by atoms with E-state index in [1.165, 1.54) is 11.1 Å². The Kier molecular flexibility index (Phi) is 10.2. The molecule has 0 heterocycles. The normalized spacial score (nSPS) is 20.2. The summed E-state index contributed by atoms with van der Waals surface area (Å²) in [5.74, 6) is 1.73. The van der Waals surface area contributed by atoms with Gasteiger partial charge in [0.15, 0.2) is 0 Å². The minimum absolute atomic E-state index is 0.0282. The lowest BCUT2D eigenvalue weighted by molar-refractivity contribution is -0.125. The van der Waals surface area contributed by atoms with Gasteiger partial charge in [-0.1, -0.05) is 46.3 Å². The molecule has 0 bridgehead atoms. The van der Waals surface area contributed by atoms with Crippen molar-refractivity contribution in [1.82, 2.24) is 10.0 Å². The van der Waals surface area contributed by atoms with Gasteiger partial charge in [0.25, 0.3) is 0 Å². The van der Waals surface area contributed by atoms with Gasteiger partial charge in [-0.25, -0.2) is 13.1 Å². The number of halogens is 2. The van der Waals surface area contributed by atoms with Crippen molar-refractivity contribution in [3.63, 3.8) is 0 Å². The zero-order chi connectivity index (χ0) is 22.4. The minimum Gasteiger partial charge on any atom is -0.355 e. The Labute approximate surface area is 204 Å². The number of benzene rings is 1. The highest BCUT2D eigenvalue weighted by molar-refractivity contribution is 14.1. The molecule has 30 heavy (non-hydrogen) atoms. The van der Waals surface area contributed by atoms with Crippen LogP contribution in [-0.4, -0.2) is 37.4 Å². The standard InChI is InChI=1S/C21H32ClIN2O3S2/c1-21(2,3)30(27,28)25-17-9-7-15(8-10-17)20(26)24-11-12-29-14-18-16(13-23)5-4-6-19(18)22/h4-6,15,17,25H,7-14H2,1-3H3,(H,24,26)/t15-,17-. The zero-order valence-corrected chi connectivity index (χ0v) is 22.4. The Balaban J connectivity index is 1.69. The van der Waals surface area contributed by atoms with Crippen LogP contribution in [0, 0.1) is 5.92 Å². The number of nitrogens with one attached hydrogen (secondary N) is 2. The molecule has 1 aliphatic carbocycles. The average Bonchev–Trinajstić information content (AvgIpc) is 2.68. The summed E-state index contributed by atoms with van der Waals surface area (Å²) >= 11 is 10.4. The summed E-state index contributed by atoms with van der Waals surface area (Å²) in [5.41, 5.74) is 2.44.